The molecule has 0 aromatic rings. The second-order valence-corrected chi connectivity index (χ2v) is 9.56. The van der Waals surface area contributed by atoms with Gasteiger partial charge >= 0.3 is 0 Å². The van der Waals surface area contributed by atoms with Gasteiger partial charge in [-0.3, -0.25) is 9.59 Å². The predicted molar refractivity (Wildman–Crippen MR) is 97.5 cm³/mol. The Labute approximate surface area is 143 Å². The van der Waals surface area contributed by atoms with Crippen LogP contribution in [0.1, 0.15) is 81.6 Å². The van der Waals surface area contributed by atoms with E-state index in [-0.39, 0.29) is 34.1 Å². The van der Waals surface area contributed by atoms with Gasteiger partial charge in [0.05, 0.1) is 6.04 Å². The lowest BCUT2D eigenvalue weighted by Gasteiger charge is -2.32. The summed E-state index contributed by atoms with van der Waals surface area (Å²) in [5, 5.41) is 6.41. The Kier molecular flexibility index (Phi) is 7.95. The smallest absolute Gasteiger partial charge is 0.225 e. The Morgan fingerprint density at radius 2 is 1.35 bits per heavy atom. The third-order valence-corrected chi connectivity index (χ3v) is 3.55. The number of rotatable bonds is 7. The van der Waals surface area contributed by atoms with Crippen LogP contribution in [0.5, 0.6) is 0 Å². The highest BCUT2D eigenvalue weighted by Gasteiger charge is 2.31. The molecule has 0 aliphatic rings. The maximum atomic E-state index is 12.6. The molecule has 0 fully saturated rings. The number of carbonyl (C=O) groups excluding carboxylic acids is 2. The van der Waals surface area contributed by atoms with E-state index in [1.165, 1.54) is 0 Å². The minimum atomic E-state index is -0.349. The van der Waals surface area contributed by atoms with Crippen LogP contribution in [0.3, 0.4) is 0 Å². The van der Waals surface area contributed by atoms with Crippen molar-refractivity contribution >= 4 is 11.7 Å². The summed E-state index contributed by atoms with van der Waals surface area (Å²) in [4.78, 5) is 24.4. The highest BCUT2D eigenvalue weighted by Crippen LogP contribution is 2.21. The van der Waals surface area contributed by atoms with Gasteiger partial charge in [0.15, 0.2) is 5.78 Å². The van der Waals surface area contributed by atoms with E-state index in [9.17, 15) is 9.59 Å². The first-order valence-corrected chi connectivity index (χ1v) is 8.75. The zero-order valence-electron chi connectivity index (χ0n) is 16.7. The highest BCUT2D eigenvalue weighted by atomic mass is 16.2. The topological polar surface area (TPSA) is 58.2 Å². The molecule has 1 amide bonds. The van der Waals surface area contributed by atoms with E-state index < -0.39 is 0 Å². The SMILES string of the molecule is CC(C)(C)NC(CCCCNC(=O)C(C)(C)C)C(=O)C(C)(C)C. The fraction of sp³-hybridized carbons (Fsp3) is 0.895. The summed E-state index contributed by atoms with van der Waals surface area (Å²) in [6, 6.07) is -0.131. The molecule has 0 aliphatic carbocycles. The molecule has 0 saturated carbocycles. The number of hydrogen-bond acceptors (Lipinski definition) is 3. The minimum Gasteiger partial charge on any atom is -0.356 e. The molecule has 23 heavy (non-hydrogen) atoms. The zero-order chi connectivity index (χ0) is 18.5. The van der Waals surface area contributed by atoms with Crippen molar-refractivity contribution in [2.45, 2.75) is 93.2 Å². The lowest BCUT2D eigenvalue weighted by Crippen LogP contribution is -2.50. The molecule has 0 aromatic carbocycles. The van der Waals surface area contributed by atoms with E-state index in [4.69, 9.17) is 0 Å². The fourth-order valence-electron chi connectivity index (χ4n) is 2.25. The van der Waals surface area contributed by atoms with Crippen LogP contribution in [0.25, 0.3) is 0 Å². The summed E-state index contributed by atoms with van der Waals surface area (Å²) in [6.45, 7) is 18.6. The number of ketones is 1. The average molecular weight is 327 g/mol. The van der Waals surface area contributed by atoms with Crippen molar-refractivity contribution in [2.24, 2.45) is 10.8 Å². The van der Waals surface area contributed by atoms with Crippen LogP contribution >= 0.6 is 0 Å². The van der Waals surface area contributed by atoms with Crippen molar-refractivity contribution in [2.75, 3.05) is 6.54 Å². The first-order chi connectivity index (χ1) is 10.1. The maximum Gasteiger partial charge on any atom is 0.225 e. The summed E-state index contributed by atoms with van der Waals surface area (Å²) < 4.78 is 0. The van der Waals surface area contributed by atoms with E-state index >= 15 is 0 Å². The van der Waals surface area contributed by atoms with Crippen LogP contribution < -0.4 is 10.6 Å². The van der Waals surface area contributed by atoms with Gasteiger partial charge in [0.2, 0.25) is 5.91 Å². The molecule has 0 aliphatic heterocycles. The second-order valence-electron chi connectivity index (χ2n) is 9.56. The van der Waals surface area contributed by atoms with Crippen molar-refractivity contribution in [1.82, 2.24) is 10.6 Å². The van der Waals surface area contributed by atoms with Crippen molar-refractivity contribution in [1.29, 1.82) is 0 Å². The molecule has 136 valence electrons. The number of hydrogen-bond donors (Lipinski definition) is 2. The summed E-state index contributed by atoms with van der Waals surface area (Å²) in [5.41, 5.74) is -0.784. The first-order valence-electron chi connectivity index (χ1n) is 8.75. The maximum absolute atomic E-state index is 12.6. The monoisotopic (exact) mass is 326 g/mol. The van der Waals surface area contributed by atoms with E-state index in [0.29, 0.717) is 6.54 Å². The van der Waals surface area contributed by atoms with Crippen LogP contribution in [0.2, 0.25) is 0 Å². The lowest BCUT2D eigenvalue weighted by molar-refractivity contribution is -0.129. The van der Waals surface area contributed by atoms with Gasteiger partial charge in [-0.05, 0) is 40.0 Å². The molecule has 0 heterocycles. The molecular weight excluding hydrogens is 288 g/mol. The summed E-state index contributed by atoms with van der Waals surface area (Å²) in [7, 11) is 0. The number of nitrogens with one attached hydrogen (secondary N) is 2. The molecule has 4 nitrogen and oxygen atoms in total. The molecule has 1 atom stereocenters. The molecule has 0 bridgehead atoms. The number of carbonyl (C=O) groups is 2. The largest absolute Gasteiger partial charge is 0.356 e. The Morgan fingerprint density at radius 1 is 0.826 bits per heavy atom. The fourth-order valence-corrected chi connectivity index (χ4v) is 2.25. The second kappa shape index (κ2) is 8.27. The van der Waals surface area contributed by atoms with Gasteiger partial charge in [-0.1, -0.05) is 41.5 Å². The Balaban J connectivity index is 4.42. The van der Waals surface area contributed by atoms with E-state index in [2.05, 4.69) is 31.4 Å². The van der Waals surface area contributed by atoms with Gasteiger partial charge in [0, 0.05) is 22.9 Å². The van der Waals surface area contributed by atoms with Crippen LogP contribution in [-0.4, -0.2) is 29.8 Å². The number of Topliss-reactive ketones (excluding diaryl/α,β-unsaturated/α-hetero) is 1. The molecule has 0 saturated heterocycles. The highest BCUT2D eigenvalue weighted by molar-refractivity contribution is 5.88. The molecule has 0 radical (unpaired) electrons. The van der Waals surface area contributed by atoms with Crippen molar-refractivity contribution in [3.8, 4) is 0 Å². The minimum absolute atomic E-state index is 0.0765. The molecule has 4 heteroatoms. The lowest BCUT2D eigenvalue weighted by atomic mass is 9.84. The predicted octanol–water partition coefficient (Wildman–Crippen LogP) is 3.69. The van der Waals surface area contributed by atoms with E-state index in [0.717, 1.165) is 19.3 Å². The van der Waals surface area contributed by atoms with Gasteiger partial charge in [0.1, 0.15) is 0 Å². The number of unbranched alkanes of at least 4 members (excludes halogenated alkanes) is 1. The standard InChI is InChI=1S/C19H38N2O2/c1-17(2,3)15(22)14(21-19(7,8)9)12-10-11-13-20-16(23)18(4,5)6/h14,21H,10-13H2,1-9H3,(H,20,23). The van der Waals surface area contributed by atoms with Crippen molar-refractivity contribution < 1.29 is 9.59 Å². The van der Waals surface area contributed by atoms with Gasteiger partial charge in [-0.25, -0.2) is 0 Å². The summed E-state index contributed by atoms with van der Waals surface area (Å²) in [6.07, 6.45) is 2.61. The summed E-state index contributed by atoms with van der Waals surface area (Å²) in [5.74, 6) is 0.332. The van der Waals surface area contributed by atoms with Gasteiger partial charge < -0.3 is 10.6 Å². The Bertz CT molecular complexity index is 395. The van der Waals surface area contributed by atoms with Crippen LogP contribution in [0.15, 0.2) is 0 Å². The van der Waals surface area contributed by atoms with Crippen molar-refractivity contribution in [3.05, 3.63) is 0 Å². The van der Waals surface area contributed by atoms with Crippen LogP contribution in [0.4, 0.5) is 0 Å². The molecule has 0 rings (SSSR count). The molecular formula is C19H38N2O2. The zero-order valence-corrected chi connectivity index (χ0v) is 16.7. The summed E-state index contributed by atoms with van der Waals surface area (Å²) >= 11 is 0. The molecule has 0 aromatic heterocycles. The van der Waals surface area contributed by atoms with Gasteiger partial charge in [-0.15, -0.1) is 0 Å². The van der Waals surface area contributed by atoms with E-state index in [1.807, 2.05) is 41.5 Å². The van der Waals surface area contributed by atoms with Crippen molar-refractivity contribution in [3.63, 3.8) is 0 Å². The third kappa shape index (κ3) is 9.75. The van der Waals surface area contributed by atoms with Gasteiger partial charge in [0.25, 0.3) is 0 Å². The quantitative estimate of drug-likeness (QED) is 0.702. The van der Waals surface area contributed by atoms with Crippen LogP contribution in [-0.2, 0) is 9.59 Å². The third-order valence-electron chi connectivity index (χ3n) is 3.55. The molecule has 2 N–H and O–H groups in total. The molecule has 1 unspecified atom stereocenters. The van der Waals surface area contributed by atoms with Gasteiger partial charge in [-0.2, -0.15) is 0 Å². The normalized spacial score (nSPS) is 14.5. The van der Waals surface area contributed by atoms with Crippen LogP contribution in [0, 0.1) is 10.8 Å². The molecule has 0 spiro atoms. The average Bonchev–Trinajstić information content (AvgIpc) is 2.32. The van der Waals surface area contributed by atoms with E-state index in [1.54, 1.807) is 0 Å². The Hall–Kier alpha value is -0.900. The number of amides is 1. The first kappa shape index (κ1) is 22.1. The Morgan fingerprint density at radius 3 is 1.74 bits per heavy atom.